The van der Waals surface area contributed by atoms with Gasteiger partial charge in [0.05, 0.1) is 41.8 Å². The van der Waals surface area contributed by atoms with E-state index in [1.165, 1.54) is 0 Å². The minimum Gasteiger partial charge on any atom is -0.497 e. The molecule has 2 aromatic rings. The van der Waals surface area contributed by atoms with Crippen molar-refractivity contribution in [2.24, 2.45) is 0 Å². The summed E-state index contributed by atoms with van der Waals surface area (Å²) in [6.07, 6.45) is -0.0199. The first-order valence-corrected chi connectivity index (χ1v) is 8.76. The molecule has 0 aliphatic carbocycles. The van der Waals surface area contributed by atoms with Crippen molar-refractivity contribution in [1.82, 2.24) is 5.32 Å². The summed E-state index contributed by atoms with van der Waals surface area (Å²) in [5, 5.41) is 3.28. The van der Waals surface area contributed by atoms with Gasteiger partial charge in [-0.3, -0.25) is 9.59 Å². The molecule has 0 radical (unpaired) electrons. The maximum atomic E-state index is 12.7. The maximum Gasteiger partial charge on any atom is 0.308 e. The summed E-state index contributed by atoms with van der Waals surface area (Å²) in [6.45, 7) is 1.99. The standard InChI is InChI=1S/C19H19Cl2NO4/c1-3-26-17(23)11-16(12-7-9-13(25-2)10-8-12)22-19(24)18-14(20)5-4-6-15(18)21/h4-10,16H,3,11H2,1-2H3,(H,22,24)/t16-/m0/s1. The number of ether oxygens (including phenoxy) is 2. The summed E-state index contributed by atoms with van der Waals surface area (Å²) in [5.41, 5.74) is 0.897. The molecule has 0 saturated heterocycles. The number of esters is 1. The fourth-order valence-corrected chi connectivity index (χ4v) is 2.99. The zero-order valence-electron chi connectivity index (χ0n) is 14.4. The minimum atomic E-state index is -0.597. The molecular weight excluding hydrogens is 377 g/mol. The quantitative estimate of drug-likeness (QED) is 0.704. The van der Waals surface area contributed by atoms with E-state index in [2.05, 4.69) is 5.32 Å². The number of carbonyl (C=O) groups is 2. The van der Waals surface area contributed by atoms with Crippen molar-refractivity contribution >= 4 is 35.1 Å². The predicted molar refractivity (Wildman–Crippen MR) is 101 cm³/mol. The lowest BCUT2D eigenvalue weighted by Gasteiger charge is -2.19. The molecule has 2 aromatic carbocycles. The molecule has 2 rings (SSSR count). The van der Waals surface area contributed by atoms with E-state index in [0.29, 0.717) is 5.75 Å². The van der Waals surface area contributed by atoms with Gasteiger partial charge in [-0.25, -0.2) is 0 Å². The second-order valence-electron chi connectivity index (χ2n) is 5.41. The van der Waals surface area contributed by atoms with Crippen molar-refractivity contribution < 1.29 is 19.1 Å². The van der Waals surface area contributed by atoms with Crippen molar-refractivity contribution in [3.8, 4) is 5.75 Å². The van der Waals surface area contributed by atoms with Gasteiger partial charge in [0.2, 0.25) is 0 Å². The van der Waals surface area contributed by atoms with Gasteiger partial charge in [0.25, 0.3) is 5.91 Å². The van der Waals surface area contributed by atoms with Gasteiger partial charge in [0.15, 0.2) is 0 Å². The number of rotatable bonds is 7. The number of nitrogens with one attached hydrogen (secondary N) is 1. The summed E-state index contributed by atoms with van der Waals surface area (Å²) in [4.78, 5) is 24.6. The Bertz CT molecular complexity index is 757. The Labute approximate surface area is 162 Å². The largest absolute Gasteiger partial charge is 0.497 e. The molecule has 0 saturated carbocycles. The second kappa shape index (κ2) is 9.46. The summed E-state index contributed by atoms with van der Waals surface area (Å²) in [6, 6.07) is 11.3. The van der Waals surface area contributed by atoms with Crippen LogP contribution in [-0.2, 0) is 9.53 Å². The first-order chi connectivity index (χ1) is 12.5. The van der Waals surface area contributed by atoms with Crippen LogP contribution in [0.4, 0.5) is 0 Å². The van der Waals surface area contributed by atoms with E-state index < -0.39 is 17.9 Å². The third kappa shape index (κ3) is 5.13. The van der Waals surface area contributed by atoms with Crippen LogP contribution in [0, 0.1) is 0 Å². The zero-order valence-corrected chi connectivity index (χ0v) is 15.9. The van der Waals surface area contributed by atoms with Gasteiger partial charge in [0.1, 0.15) is 5.75 Å². The highest BCUT2D eigenvalue weighted by Crippen LogP contribution is 2.26. The highest BCUT2D eigenvalue weighted by atomic mass is 35.5. The SMILES string of the molecule is CCOC(=O)C[C@H](NC(=O)c1c(Cl)cccc1Cl)c1ccc(OC)cc1. The monoisotopic (exact) mass is 395 g/mol. The number of hydrogen-bond donors (Lipinski definition) is 1. The van der Waals surface area contributed by atoms with E-state index in [1.807, 2.05) is 0 Å². The van der Waals surface area contributed by atoms with Crippen LogP contribution in [0.25, 0.3) is 0 Å². The average molecular weight is 396 g/mol. The molecule has 138 valence electrons. The molecule has 0 aromatic heterocycles. The molecule has 1 N–H and O–H groups in total. The van der Waals surface area contributed by atoms with Crippen LogP contribution in [0.5, 0.6) is 5.75 Å². The molecule has 5 nitrogen and oxygen atoms in total. The van der Waals surface area contributed by atoms with E-state index in [-0.39, 0.29) is 28.6 Å². The lowest BCUT2D eigenvalue weighted by Crippen LogP contribution is -2.31. The van der Waals surface area contributed by atoms with Gasteiger partial charge in [-0.05, 0) is 36.8 Å². The lowest BCUT2D eigenvalue weighted by atomic mass is 10.0. The van der Waals surface area contributed by atoms with Gasteiger partial charge in [-0.2, -0.15) is 0 Å². The number of halogens is 2. The van der Waals surface area contributed by atoms with Crippen LogP contribution in [0.1, 0.15) is 35.3 Å². The molecule has 0 heterocycles. The Hall–Kier alpha value is -2.24. The highest BCUT2D eigenvalue weighted by Gasteiger charge is 2.22. The smallest absolute Gasteiger partial charge is 0.308 e. The Kier molecular flexibility index (Phi) is 7.30. The Morgan fingerprint density at radius 3 is 2.23 bits per heavy atom. The predicted octanol–water partition coefficient (Wildman–Crippen LogP) is 4.43. The first kappa shape index (κ1) is 20.1. The molecule has 0 aliphatic heterocycles. The Balaban J connectivity index is 2.27. The van der Waals surface area contributed by atoms with Crippen LogP contribution < -0.4 is 10.1 Å². The van der Waals surface area contributed by atoms with Crippen molar-refractivity contribution in [3.05, 3.63) is 63.6 Å². The number of benzene rings is 2. The van der Waals surface area contributed by atoms with E-state index in [0.717, 1.165) is 5.56 Å². The molecular formula is C19H19Cl2NO4. The molecule has 0 spiro atoms. The summed E-state index contributed by atoms with van der Waals surface area (Å²) in [7, 11) is 1.56. The highest BCUT2D eigenvalue weighted by molar-refractivity contribution is 6.39. The molecule has 0 aliphatic rings. The fourth-order valence-electron chi connectivity index (χ4n) is 2.42. The molecule has 1 atom stereocenters. The Morgan fingerprint density at radius 1 is 1.08 bits per heavy atom. The van der Waals surface area contributed by atoms with Crippen molar-refractivity contribution in [3.63, 3.8) is 0 Å². The van der Waals surface area contributed by atoms with Crippen molar-refractivity contribution in [2.75, 3.05) is 13.7 Å². The van der Waals surface area contributed by atoms with E-state index in [4.69, 9.17) is 32.7 Å². The average Bonchev–Trinajstić information content (AvgIpc) is 2.61. The van der Waals surface area contributed by atoms with Crippen molar-refractivity contribution in [1.29, 1.82) is 0 Å². The van der Waals surface area contributed by atoms with E-state index in [1.54, 1.807) is 56.5 Å². The third-order valence-electron chi connectivity index (χ3n) is 3.69. The molecule has 26 heavy (non-hydrogen) atoms. The number of amides is 1. The molecule has 7 heteroatoms. The van der Waals surface area contributed by atoms with Crippen LogP contribution in [0.2, 0.25) is 10.0 Å². The fraction of sp³-hybridized carbons (Fsp3) is 0.263. The summed E-state index contributed by atoms with van der Waals surface area (Å²) >= 11 is 12.2. The van der Waals surface area contributed by atoms with Gasteiger partial charge in [-0.1, -0.05) is 41.4 Å². The topological polar surface area (TPSA) is 64.6 Å². The van der Waals surface area contributed by atoms with Crippen LogP contribution in [0.15, 0.2) is 42.5 Å². The molecule has 0 unspecified atom stereocenters. The van der Waals surface area contributed by atoms with Crippen LogP contribution in [-0.4, -0.2) is 25.6 Å². The Morgan fingerprint density at radius 2 is 1.69 bits per heavy atom. The van der Waals surface area contributed by atoms with Crippen molar-refractivity contribution in [2.45, 2.75) is 19.4 Å². The second-order valence-corrected chi connectivity index (χ2v) is 6.22. The van der Waals surface area contributed by atoms with Gasteiger partial charge in [0, 0.05) is 0 Å². The van der Waals surface area contributed by atoms with Gasteiger partial charge < -0.3 is 14.8 Å². The van der Waals surface area contributed by atoms with Crippen LogP contribution in [0.3, 0.4) is 0 Å². The van der Waals surface area contributed by atoms with Gasteiger partial charge >= 0.3 is 5.97 Å². The minimum absolute atomic E-state index is 0.0199. The lowest BCUT2D eigenvalue weighted by molar-refractivity contribution is -0.143. The number of carbonyl (C=O) groups excluding carboxylic acids is 2. The maximum absolute atomic E-state index is 12.7. The normalized spacial score (nSPS) is 11.5. The van der Waals surface area contributed by atoms with Gasteiger partial charge in [-0.15, -0.1) is 0 Å². The summed E-state index contributed by atoms with van der Waals surface area (Å²) in [5.74, 6) is -0.214. The molecule has 0 bridgehead atoms. The molecule has 0 fully saturated rings. The number of hydrogen-bond acceptors (Lipinski definition) is 4. The van der Waals surface area contributed by atoms with E-state index in [9.17, 15) is 9.59 Å². The number of methoxy groups -OCH3 is 1. The van der Waals surface area contributed by atoms with E-state index >= 15 is 0 Å². The zero-order chi connectivity index (χ0) is 19.1. The third-order valence-corrected chi connectivity index (χ3v) is 4.32. The van der Waals surface area contributed by atoms with Crippen LogP contribution >= 0.6 is 23.2 Å². The first-order valence-electron chi connectivity index (χ1n) is 8.00. The molecule has 1 amide bonds. The summed E-state index contributed by atoms with van der Waals surface area (Å²) < 4.78 is 10.1.